The van der Waals surface area contributed by atoms with Crippen LogP contribution < -0.4 is 0 Å². The zero-order valence-corrected chi connectivity index (χ0v) is 16.8. The number of hydrogen-bond donors (Lipinski definition) is 0. The van der Waals surface area contributed by atoms with Gasteiger partial charge in [-0.05, 0) is 88.0 Å². The molecule has 0 heterocycles. The average Bonchev–Trinajstić information content (AvgIpc) is 2.61. The summed E-state index contributed by atoms with van der Waals surface area (Å²) in [6, 6.07) is 0. The van der Waals surface area contributed by atoms with Crippen molar-refractivity contribution in [1.82, 2.24) is 0 Å². The molecule has 25 heavy (non-hydrogen) atoms. The Morgan fingerprint density at radius 3 is 2.20 bits per heavy atom. The maximum atomic E-state index is 10.8. The van der Waals surface area contributed by atoms with Gasteiger partial charge in [0.15, 0.2) is 0 Å². The van der Waals surface area contributed by atoms with Crippen molar-refractivity contribution >= 4 is 6.29 Å². The van der Waals surface area contributed by atoms with Crippen LogP contribution in [0.15, 0.2) is 48.1 Å². The number of carbonyl (C=O) groups is 1. The summed E-state index contributed by atoms with van der Waals surface area (Å²) in [5.41, 5.74) is 2.49. The second-order valence-corrected chi connectivity index (χ2v) is 7.73. The van der Waals surface area contributed by atoms with E-state index in [1.165, 1.54) is 37.7 Å². The highest BCUT2D eigenvalue weighted by Crippen LogP contribution is 2.35. The molecule has 1 heteroatoms. The number of allylic oxidation sites excluding steroid dienone is 7. The van der Waals surface area contributed by atoms with Gasteiger partial charge in [0.1, 0.15) is 6.29 Å². The van der Waals surface area contributed by atoms with Gasteiger partial charge >= 0.3 is 0 Å². The molecule has 1 nitrogen and oxygen atoms in total. The molecule has 0 radical (unpaired) electrons. The van der Waals surface area contributed by atoms with Crippen LogP contribution in [0.2, 0.25) is 0 Å². The molecule has 1 saturated carbocycles. The fourth-order valence-electron chi connectivity index (χ4n) is 4.10. The largest absolute Gasteiger partial charge is 0.298 e. The second kappa shape index (κ2) is 12.1. The van der Waals surface area contributed by atoms with Crippen molar-refractivity contribution in [2.45, 2.75) is 72.6 Å². The Balaban J connectivity index is 0.000000251. The number of carbonyl (C=O) groups excluding carboxylic acids is 1. The van der Waals surface area contributed by atoms with Crippen LogP contribution >= 0.6 is 0 Å². The third-order valence-electron chi connectivity index (χ3n) is 5.87. The molecule has 0 bridgehead atoms. The van der Waals surface area contributed by atoms with E-state index in [9.17, 15) is 4.79 Å². The maximum absolute atomic E-state index is 10.8. The normalized spacial score (nSPS) is 30.1. The molecule has 140 valence electrons. The smallest absolute Gasteiger partial charge is 0.146 e. The molecular formula is C24H38O. The van der Waals surface area contributed by atoms with Gasteiger partial charge in [0.05, 0.1) is 0 Å². The van der Waals surface area contributed by atoms with Crippen molar-refractivity contribution in [2.75, 3.05) is 0 Å². The Morgan fingerprint density at radius 1 is 1.04 bits per heavy atom. The molecule has 0 aromatic heterocycles. The van der Waals surface area contributed by atoms with Gasteiger partial charge < -0.3 is 0 Å². The van der Waals surface area contributed by atoms with Gasteiger partial charge in [0.25, 0.3) is 0 Å². The molecule has 0 unspecified atom stereocenters. The van der Waals surface area contributed by atoms with Crippen LogP contribution in [-0.2, 0) is 4.79 Å². The molecule has 0 aromatic carbocycles. The van der Waals surface area contributed by atoms with E-state index < -0.39 is 0 Å². The highest BCUT2D eigenvalue weighted by Gasteiger charge is 2.23. The van der Waals surface area contributed by atoms with Crippen LogP contribution in [0, 0.1) is 23.7 Å². The van der Waals surface area contributed by atoms with Gasteiger partial charge in [-0.1, -0.05) is 56.4 Å². The monoisotopic (exact) mass is 342 g/mol. The van der Waals surface area contributed by atoms with Crippen molar-refractivity contribution in [3.63, 3.8) is 0 Å². The van der Waals surface area contributed by atoms with Gasteiger partial charge in [0.2, 0.25) is 0 Å². The van der Waals surface area contributed by atoms with Crippen LogP contribution in [0.25, 0.3) is 0 Å². The lowest BCUT2D eigenvalue weighted by Crippen LogP contribution is -2.18. The molecule has 0 aliphatic heterocycles. The molecule has 0 N–H and O–H groups in total. The summed E-state index contributed by atoms with van der Waals surface area (Å²) in [4.78, 5) is 10.8. The van der Waals surface area contributed by atoms with E-state index in [0.717, 1.165) is 36.5 Å². The first-order chi connectivity index (χ1) is 12.0. The number of rotatable bonds is 5. The van der Waals surface area contributed by atoms with Crippen LogP contribution in [0.1, 0.15) is 72.6 Å². The molecule has 2 aliphatic rings. The molecule has 2 aliphatic carbocycles. The van der Waals surface area contributed by atoms with E-state index in [4.69, 9.17) is 0 Å². The summed E-state index contributed by atoms with van der Waals surface area (Å²) in [6.45, 7) is 12.9. The SMILES string of the molecule is C/C=C/C[C@@H]1C(C=O)=CCC[C@H]1C.C=C1CCC[C@@H](C)[C@@H]1C/C=C/C. The van der Waals surface area contributed by atoms with E-state index >= 15 is 0 Å². The molecule has 0 amide bonds. The summed E-state index contributed by atoms with van der Waals surface area (Å²) >= 11 is 0. The highest BCUT2D eigenvalue weighted by atomic mass is 16.1. The Bertz CT molecular complexity index is 494. The lowest BCUT2D eigenvalue weighted by atomic mass is 9.76. The zero-order valence-electron chi connectivity index (χ0n) is 16.8. The summed E-state index contributed by atoms with van der Waals surface area (Å²) in [6.07, 6.45) is 20.3. The highest BCUT2D eigenvalue weighted by molar-refractivity contribution is 5.74. The topological polar surface area (TPSA) is 17.1 Å². The molecule has 4 atom stereocenters. The average molecular weight is 343 g/mol. The summed E-state index contributed by atoms with van der Waals surface area (Å²) in [7, 11) is 0. The minimum absolute atomic E-state index is 0.461. The van der Waals surface area contributed by atoms with Crippen LogP contribution in [0.3, 0.4) is 0 Å². The predicted octanol–water partition coefficient (Wildman–Crippen LogP) is 7.07. The zero-order chi connectivity index (χ0) is 18.7. The predicted molar refractivity (Wildman–Crippen MR) is 111 cm³/mol. The number of aldehydes is 1. The molecule has 0 saturated heterocycles. The minimum atomic E-state index is 0.461. The van der Waals surface area contributed by atoms with Crippen molar-refractivity contribution in [3.05, 3.63) is 48.1 Å². The number of hydrogen-bond acceptors (Lipinski definition) is 1. The Morgan fingerprint density at radius 2 is 1.64 bits per heavy atom. The maximum Gasteiger partial charge on any atom is 0.146 e. The molecule has 2 rings (SSSR count). The van der Waals surface area contributed by atoms with Crippen LogP contribution in [0.4, 0.5) is 0 Å². The first-order valence-electron chi connectivity index (χ1n) is 10.1. The summed E-state index contributed by atoms with van der Waals surface area (Å²) in [5.74, 6) is 2.72. The van der Waals surface area contributed by atoms with Crippen molar-refractivity contribution in [3.8, 4) is 0 Å². The van der Waals surface area contributed by atoms with E-state index in [0.29, 0.717) is 11.8 Å². The van der Waals surface area contributed by atoms with E-state index in [1.54, 1.807) is 0 Å². The lowest BCUT2D eigenvalue weighted by molar-refractivity contribution is -0.105. The van der Waals surface area contributed by atoms with Gasteiger partial charge in [-0.25, -0.2) is 0 Å². The van der Waals surface area contributed by atoms with Crippen molar-refractivity contribution < 1.29 is 4.79 Å². The molecule has 0 spiro atoms. The summed E-state index contributed by atoms with van der Waals surface area (Å²) in [5, 5.41) is 0. The van der Waals surface area contributed by atoms with Crippen LogP contribution in [-0.4, -0.2) is 6.29 Å². The first kappa shape index (κ1) is 21.7. The lowest BCUT2D eigenvalue weighted by Gasteiger charge is -2.30. The standard InChI is InChI=1S/C12H18O.C12H20/c1-3-4-8-12-10(2)6-5-7-11(12)9-13;1-4-5-9-12-10(2)7-6-8-11(12)3/h3-4,7,9-10,12H,5-6,8H2,1-2H3;4-5,11-12H,2,6-9H2,1,3H3/b4-3+;5-4+/t10-,12+;11-,12-/m11/s1. The Labute approximate surface area is 156 Å². The fraction of sp³-hybridized carbons (Fsp3) is 0.625. The Kier molecular flexibility index (Phi) is 10.5. The van der Waals surface area contributed by atoms with E-state index in [2.05, 4.69) is 57.7 Å². The Hall–Kier alpha value is -1.37. The molecule has 0 aromatic rings. The minimum Gasteiger partial charge on any atom is -0.298 e. The van der Waals surface area contributed by atoms with Gasteiger partial charge in [-0.2, -0.15) is 0 Å². The van der Waals surface area contributed by atoms with E-state index in [-0.39, 0.29) is 0 Å². The van der Waals surface area contributed by atoms with Gasteiger partial charge in [-0.15, -0.1) is 0 Å². The quantitative estimate of drug-likeness (QED) is 0.386. The molecular weight excluding hydrogens is 304 g/mol. The second-order valence-electron chi connectivity index (χ2n) is 7.73. The van der Waals surface area contributed by atoms with Crippen molar-refractivity contribution in [2.24, 2.45) is 23.7 Å². The third kappa shape index (κ3) is 7.18. The van der Waals surface area contributed by atoms with Gasteiger partial charge in [-0.3, -0.25) is 4.79 Å². The third-order valence-corrected chi connectivity index (χ3v) is 5.87. The van der Waals surface area contributed by atoms with Crippen molar-refractivity contribution in [1.29, 1.82) is 0 Å². The summed E-state index contributed by atoms with van der Waals surface area (Å²) < 4.78 is 0. The fourth-order valence-corrected chi connectivity index (χ4v) is 4.10. The van der Waals surface area contributed by atoms with Crippen LogP contribution in [0.5, 0.6) is 0 Å². The molecule has 1 fully saturated rings. The van der Waals surface area contributed by atoms with E-state index in [1.807, 2.05) is 6.92 Å². The van der Waals surface area contributed by atoms with Gasteiger partial charge in [0, 0.05) is 0 Å². The first-order valence-corrected chi connectivity index (χ1v) is 10.1.